The highest BCUT2D eigenvalue weighted by Gasteiger charge is 2.04. The fourth-order valence-corrected chi connectivity index (χ4v) is 2.01. The van der Waals surface area contributed by atoms with Crippen LogP contribution < -0.4 is 0 Å². The first-order chi connectivity index (χ1) is 8.16. The first kappa shape index (κ1) is 11.9. The standard InChI is InChI=1S/C16H19N/c1-13-8-10-14(11-9-13)16-7-5-4-6-15(16)12-17(2)3/h4-11H,12H2,1-3H3. The van der Waals surface area contributed by atoms with Crippen molar-refractivity contribution in [1.29, 1.82) is 0 Å². The Hall–Kier alpha value is -1.60. The summed E-state index contributed by atoms with van der Waals surface area (Å²) in [4.78, 5) is 2.20. The molecule has 0 spiro atoms. The molecule has 0 aliphatic heterocycles. The molecule has 17 heavy (non-hydrogen) atoms. The van der Waals surface area contributed by atoms with Gasteiger partial charge in [0, 0.05) is 6.54 Å². The summed E-state index contributed by atoms with van der Waals surface area (Å²) in [6.45, 7) is 3.10. The van der Waals surface area contributed by atoms with Gasteiger partial charge in [-0.1, -0.05) is 54.1 Å². The van der Waals surface area contributed by atoms with Gasteiger partial charge in [-0.2, -0.15) is 0 Å². The van der Waals surface area contributed by atoms with Crippen LogP contribution in [0.5, 0.6) is 0 Å². The van der Waals surface area contributed by atoms with E-state index in [-0.39, 0.29) is 0 Å². The van der Waals surface area contributed by atoms with Gasteiger partial charge < -0.3 is 4.90 Å². The maximum atomic E-state index is 2.20. The van der Waals surface area contributed by atoms with Crippen LogP contribution in [0.25, 0.3) is 11.1 Å². The topological polar surface area (TPSA) is 3.24 Å². The van der Waals surface area contributed by atoms with Gasteiger partial charge in [0.05, 0.1) is 0 Å². The molecule has 0 heterocycles. The summed E-state index contributed by atoms with van der Waals surface area (Å²) < 4.78 is 0. The Morgan fingerprint density at radius 3 is 2.18 bits per heavy atom. The molecule has 88 valence electrons. The molecular weight excluding hydrogens is 206 g/mol. The lowest BCUT2D eigenvalue weighted by molar-refractivity contribution is 0.403. The molecule has 0 aliphatic carbocycles. The van der Waals surface area contributed by atoms with Gasteiger partial charge in [-0.05, 0) is 37.7 Å². The lowest BCUT2D eigenvalue weighted by atomic mass is 9.98. The van der Waals surface area contributed by atoms with Gasteiger partial charge in [0.1, 0.15) is 0 Å². The van der Waals surface area contributed by atoms with Crippen LogP contribution in [0.15, 0.2) is 48.5 Å². The van der Waals surface area contributed by atoms with Gasteiger partial charge in [0.15, 0.2) is 0 Å². The molecule has 2 aromatic rings. The monoisotopic (exact) mass is 225 g/mol. The van der Waals surface area contributed by atoms with Crippen molar-refractivity contribution in [3.8, 4) is 11.1 Å². The van der Waals surface area contributed by atoms with Crippen molar-refractivity contribution in [3.63, 3.8) is 0 Å². The van der Waals surface area contributed by atoms with Gasteiger partial charge in [0.25, 0.3) is 0 Å². The van der Waals surface area contributed by atoms with E-state index in [9.17, 15) is 0 Å². The molecule has 1 nitrogen and oxygen atoms in total. The van der Waals surface area contributed by atoms with Gasteiger partial charge in [-0.3, -0.25) is 0 Å². The third kappa shape index (κ3) is 2.95. The Morgan fingerprint density at radius 1 is 0.882 bits per heavy atom. The van der Waals surface area contributed by atoms with E-state index < -0.39 is 0 Å². The predicted octanol–water partition coefficient (Wildman–Crippen LogP) is 3.72. The zero-order valence-corrected chi connectivity index (χ0v) is 10.8. The van der Waals surface area contributed by atoms with Crippen molar-refractivity contribution in [2.45, 2.75) is 13.5 Å². The number of rotatable bonds is 3. The molecule has 0 saturated carbocycles. The van der Waals surface area contributed by atoms with E-state index in [4.69, 9.17) is 0 Å². The molecule has 0 atom stereocenters. The first-order valence-electron chi connectivity index (χ1n) is 5.96. The number of benzene rings is 2. The Labute approximate surface area is 104 Å². The van der Waals surface area contributed by atoms with E-state index in [1.54, 1.807) is 0 Å². The zero-order valence-electron chi connectivity index (χ0n) is 10.8. The Bertz CT molecular complexity index is 483. The summed E-state index contributed by atoms with van der Waals surface area (Å²) in [7, 11) is 4.21. The van der Waals surface area contributed by atoms with E-state index in [1.165, 1.54) is 22.3 Å². The van der Waals surface area contributed by atoms with Crippen molar-refractivity contribution < 1.29 is 0 Å². The van der Waals surface area contributed by atoms with Crippen LogP contribution in [0.4, 0.5) is 0 Å². The van der Waals surface area contributed by atoms with Crippen LogP contribution in [0.1, 0.15) is 11.1 Å². The highest BCUT2D eigenvalue weighted by Crippen LogP contribution is 2.24. The fraction of sp³-hybridized carbons (Fsp3) is 0.250. The molecule has 2 rings (SSSR count). The molecule has 2 aromatic carbocycles. The van der Waals surface area contributed by atoms with Crippen LogP contribution in [-0.2, 0) is 6.54 Å². The quantitative estimate of drug-likeness (QED) is 0.769. The van der Waals surface area contributed by atoms with Gasteiger partial charge in [0.2, 0.25) is 0 Å². The zero-order chi connectivity index (χ0) is 12.3. The van der Waals surface area contributed by atoms with E-state index in [1.807, 2.05) is 0 Å². The first-order valence-corrected chi connectivity index (χ1v) is 5.96. The molecule has 0 aliphatic rings. The third-order valence-electron chi connectivity index (χ3n) is 2.87. The van der Waals surface area contributed by atoms with Crippen molar-refractivity contribution >= 4 is 0 Å². The van der Waals surface area contributed by atoms with Gasteiger partial charge in [-0.15, -0.1) is 0 Å². The normalized spacial score (nSPS) is 10.8. The second-order valence-electron chi connectivity index (χ2n) is 4.76. The number of hydrogen-bond acceptors (Lipinski definition) is 1. The predicted molar refractivity (Wildman–Crippen MR) is 74.0 cm³/mol. The highest BCUT2D eigenvalue weighted by molar-refractivity contribution is 5.67. The minimum absolute atomic E-state index is 0.976. The number of aryl methyl sites for hydroxylation is 1. The molecule has 0 N–H and O–H groups in total. The molecule has 0 bridgehead atoms. The van der Waals surface area contributed by atoms with Crippen LogP contribution in [0.3, 0.4) is 0 Å². The Morgan fingerprint density at radius 2 is 1.53 bits per heavy atom. The molecule has 1 heteroatoms. The van der Waals surface area contributed by atoms with E-state index in [0.29, 0.717) is 0 Å². The molecule has 0 fully saturated rings. The largest absolute Gasteiger partial charge is 0.305 e. The lowest BCUT2D eigenvalue weighted by Crippen LogP contribution is -2.11. The maximum Gasteiger partial charge on any atom is 0.0233 e. The summed E-state index contributed by atoms with van der Waals surface area (Å²) in [6, 6.07) is 17.3. The van der Waals surface area contributed by atoms with Crippen molar-refractivity contribution in [2.24, 2.45) is 0 Å². The van der Waals surface area contributed by atoms with Crippen molar-refractivity contribution in [1.82, 2.24) is 4.90 Å². The summed E-state index contributed by atoms with van der Waals surface area (Å²) in [6.07, 6.45) is 0. The summed E-state index contributed by atoms with van der Waals surface area (Å²) in [5.41, 5.74) is 5.31. The average molecular weight is 225 g/mol. The highest BCUT2D eigenvalue weighted by atomic mass is 15.0. The molecular formula is C16H19N. The van der Waals surface area contributed by atoms with Crippen LogP contribution >= 0.6 is 0 Å². The number of nitrogens with zero attached hydrogens (tertiary/aromatic N) is 1. The van der Waals surface area contributed by atoms with E-state index >= 15 is 0 Å². The van der Waals surface area contributed by atoms with Crippen LogP contribution in [0.2, 0.25) is 0 Å². The van der Waals surface area contributed by atoms with Gasteiger partial charge >= 0.3 is 0 Å². The third-order valence-corrected chi connectivity index (χ3v) is 2.87. The SMILES string of the molecule is Cc1ccc(-c2ccccc2CN(C)C)cc1. The smallest absolute Gasteiger partial charge is 0.0233 e. The minimum Gasteiger partial charge on any atom is -0.305 e. The molecule has 0 aromatic heterocycles. The molecule has 0 radical (unpaired) electrons. The second-order valence-corrected chi connectivity index (χ2v) is 4.76. The minimum atomic E-state index is 0.976. The molecule has 0 amide bonds. The molecule has 0 unspecified atom stereocenters. The van der Waals surface area contributed by atoms with Crippen molar-refractivity contribution in [2.75, 3.05) is 14.1 Å². The fourth-order valence-electron chi connectivity index (χ4n) is 2.01. The Kier molecular flexibility index (Phi) is 3.60. The second kappa shape index (κ2) is 5.15. The van der Waals surface area contributed by atoms with E-state index in [0.717, 1.165) is 6.54 Å². The average Bonchev–Trinajstić information content (AvgIpc) is 2.30. The summed E-state index contributed by atoms with van der Waals surface area (Å²) in [5.74, 6) is 0. The van der Waals surface area contributed by atoms with Crippen LogP contribution in [0, 0.1) is 6.92 Å². The van der Waals surface area contributed by atoms with E-state index in [2.05, 4.69) is 74.4 Å². The lowest BCUT2D eigenvalue weighted by Gasteiger charge is -2.14. The number of hydrogen-bond donors (Lipinski definition) is 0. The molecule has 0 saturated heterocycles. The van der Waals surface area contributed by atoms with Gasteiger partial charge in [-0.25, -0.2) is 0 Å². The maximum absolute atomic E-state index is 2.20. The van der Waals surface area contributed by atoms with Crippen molar-refractivity contribution in [3.05, 3.63) is 59.7 Å². The Balaban J connectivity index is 2.40. The summed E-state index contributed by atoms with van der Waals surface area (Å²) in [5, 5.41) is 0. The van der Waals surface area contributed by atoms with Crippen LogP contribution in [-0.4, -0.2) is 19.0 Å². The summed E-state index contributed by atoms with van der Waals surface area (Å²) >= 11 is 0.